The van der Waals surface area contributed by atoms with Crippen LogP contribution < -0.4 is 15.4 Å². The second kappa shape index (κ2) is 8.84. The Morgan fingerprint density at radius 1 is 1.17 bits per heavy atom. The Balaban J connectivity index is 1.80. The zero-order valence-corrected chi connectivity index (χ0v) is 17.1. The number of methoxy groups -OCH3 is 2. The number of carbonyl (C=O) groups is 1. The average molecular weight is 418 g/mol. The summed E-state index contributed by atoms with van der Waals surface area (Å²) in [5.74, 6) is 0.907. The lowest BCUT2D eigenvalue weighted by molar-refractivity contribution is 0.117. The van der Waals surface area contributed by atoms with Crippen molar-refractivity contribution in [3.05, 3.63) is 47.1 Å². The summed E-state index contributed by atoms with van der Waals surface area (Å²) in [7, 11) is 3.12. The molecule has 0 aliphatic rings. The van der Waals surface area contributed by atoms with Crippen LogP contribution in [0.15, 0.2) is 30.9 Å². The van der Waals surface area contributed by atoms with Crippen molar-refractivity contribution in [2.75, 3.05) is 24.9 Å². The molecule has 3 aromatic heterocycles. The quantitative estimate of drug-likeness (QED) is 0.631. The molecule has 0 aliphatic carbocycles. The molecule has 0 bridgehead atoms. The van der Waals surface area contributed by atoms with Gasteiger partial charge < -0.3 is 20.1 Å². The van der Waals surface area contributed by atoms with E-state index in [0.717, 1.165) is 0 Å². The first kappa shape index (κ1) is 20.5. The number of halogens is 1. The minimum Gasteiger partial charge on any atom is -0.494 e. The van der Waals surface area contributed by atoms with Crippen LogP contribution in [0.3, 0.4) is 0 Å². The third kappa shape index (κ3) is 4.44. The van der Waals surface area contributed by atoms with Gasteiger partial charge in [-0.15, -0.1) is 4.80 Å². The Morgan fingerprint density at radius 3 is 2.52 bits per heavy atom. The van der Waals surface area contributed by atoms with Crippen LogP contribution >= 0.6 is 11.6 Å². The van der Waals surface area contributed by atoms with Crippen LogP contribution in [0.25, 0.3) is 5.82 Å². The summed E-state index contributed by atoms with van der Waals surface area (Å²) in [6.45, 7) is 3.67. The summed E-state index contributed by atoms with van der Waals surface area (Å²) < 4.78 is 10.9. The van der Waals surface area contributed by atoms with E-state index >= 15 is 0 Å². The number of rotatable bonds is 6. The van der Waals surface area contributed by atoms with Crippen LogP contribution in [0.5, 0.6) is 5.75 Å². The Bertz CT molecular complexity index is 1010. The van der Waals surface area contributed by atoms with Gasteiger partial charge in [0.15, 0.2) is 5.82 Å². The smallest absolute Gasteiger partial charge is 0.323 e. The van der Waals surface area contributed by atoms with Crippen molar-refractivity contribution >= 4 is 29.0 Å². The van der Waals surface area contributed by atoms with Crippen molar-refractivity contribution in [1.82, 2.24) is 25.0 Å². The van der Waals surface area contributed by atoms with Gasteiger partial charge in [-0.3, -0.25) is 4.98 Å². The van der Waals surface area contributed by atoms with Crippen LogP contribution in [-0.4, -0.2) is 45.2 Å². The van der Waals surface area contributed by atoms with E-state index in [1.54, 1.807) is 26.5 Å². The molecular weight excluding hydrogens is 398 g/mol. The second-order valence-electron chi connectivity index (χ2n) is 6.01. The highest BCUT2D eigenvalue weighted by atomic mass is 35.5. The molecule has 0 aliphatic heterocycles. The molecule has 2 N–H and O–H groups in total. The Kier molecular flexibility index (Phi) is 6.25. The minimum absolute atomic E-state index is 0.284. The third-order valence-electron chi connectivity index (χ3n) is 4.15. The van der Waals surface area contributed by atoms with Gasteiger partial charge in [-0.2, -0.15) is 10.2 Å². The van der Waals surface area contributed by atoms with Gasteiger partial charge in [0.1, 0.15) is 5.75 Å². The lowest BCUT2D eigenvalue weighted by atomic mass is 10.1. The average Bonchev–Trinajstić information content (AvgIpc) is 3.23. The molecular formula is C18H20ClN7O3. The highest BCUT2D eigenvalue weighted by Crippen LogP contribution is 2.35. The predicted molar refractivity (Wildman–Crippen MR) is 108 cm³/mol. The van der Waals surface area contributed by atoms with Gasteiger partial charge in [-0.1, -0.05) is 11.6 Å². The van der Waals surface area contributed by atoms with E-state index in [-0.39, 0.29) is 11.1 Å². The van der Waals surface area contributed by atoms with Crippen LogP contribution in [0.1, 0.15) is 24.3 Å². The monoisotopic (exact) mass is 417 g/mol. The molecule has 152 valence electrons. The summed E-state index contributed by atoms with van der Waals surface area (Å²) in [6, 6.07) is 1.06. The van der Waals surface area contributed by atoms with Crippen molar-refractivity contribution in [1.29, 1.82) is 0 Å². The molecule has 0 spiro atoms. The number of aryl methyl sites for hydroxylation is 1. The molecule has 0 unspecified atom stereocenters. The normalized spacial score (nSPS) is 11.8. The number of nitrogens with zero attached hydrogens (tertiary/aromatic N) is 5. The largest absolute Gasteiger partial charge is 0.494 e. The minimum atomic E-state index is -0.495. The Labute approximate surface area is 172 Å². The van der Waals surface area contributed by atoms with Crippen molar-refractivity contribution in [3.8, 4) is 11.6 Å². The van der Waals surface area contributed by atoms with Gasteiger partial charge in [0, 0.05) is 12.7 Å². The third-order valence-corrected chi connectivity index (χ3v) is 4.43. The number of anilines is 2. The number of hydrogen-bond acceptors (Lipinski definition) is 7. The van der Waals surface area contributed by atoms with Gasteiger partial charge in [-0.05, 0) is 19.9 Å². The van der Waals surface area contributed by atoms with Gasteiger partial charge in [0.2, 0.25) is 0 Å². The topological polar surface area (TPSA) is 116 Å². The molecule has 0 saturated heterocycles. The maximum atomic E-state index is 12.5. The maximum Gasteiger partial charge on any atom is 0.323 e. The summed E-state index contributed by atoms with van der Waals surface area (Å²) in [5.41, 5.74) is 2.25. The van der Waals surface area contributed by atoms with E-state index < -0.39 is 6.03 Å². The molecule has 3 aromatic rings. The summed E-state index contributed by atoms with van der Waals surface area (Å²) >= 11 is 6.23. The Morgan fingerprint density at radius 2 is 1.90 bits per heavy atom. The zero-order valence-electron chi connectivity index (χ0n) is 16.3. The number of urea groups is 1. The van der Waals surface area contributed by atoms with Crippen LogP contribution in [0.4, 0.5) is 16.2 Å². The molecule has 29 heavy (non-hydrogen) atoms. The van der Waals surface area contributed by atoms with Gasteiger partial charge in [-0.25, -0.2) is 9.78 Å². The number of nitrogens with one attached hydrogen (secondary N) is 2. The predicted octanol–water partition coefficient (Wildman–Crippen LogP) is 3.38. The highest BCUT2D eigenvalue weighted by Gasteiger charge is 2.20. The first-order valence-electron chi connectivity index (χ1n) is 8.61. The molecule has 1 atom stereocenters. The molecule has 2 amide bonds. The SMILES string of the molecule is COc1c(C)ncc(NC(=O)Nc2cnc(-n3nccn3)c(Cl)c2)c1[C@@H](C)OC. The highest BCUT2D eigenvalue weighted by molar-refractivity contribution is 6.32. The molecule has 0 saturated carbocycles. The Hall–Kier alpha value is -3.24. The van der Waals surface area contributed by atoms with E-state index in [2.05, 4.69) is 30.8 Å². The lowest BCUT2D eigenvalue weighted by Gasteiger charge is -2.20. The fourth-order valence-corrected chi connectivity index (χ4v) is 2.98. The molecule has 3 rings (SSSR count). The zero-order chi connectivity index (χ0) is 21.0. The number of carbonyl (C=O) groups excluding carboxylic acids is 1. The first-order chi connectivity index (χ1) is 13.9. The number of ether oxygens (including phenoxy) is 2. The first-order valence-corrected chi connectivity index (χ1v) is 8.99. The van der Waals surface area contributed by atoms with Gasteiger partial charge in [0.05, 0.1) is 60.1 Å². The standard InChI is InChI=1S/C18H20ClN7O3/c1-10-16(29-4)15(11(2)28-3)14(9-20-10)25-18(27)24-12-7-13(19)17(21-8-12)26-22-5-6-23-26/h5-9,11H,1-4H3,(H2,24,25,27)/t11-/m1/s1. The van der Waals surface area contributed by atoms with Crippen molar-refractivity contribution in [2.45, 2.75) is 20.0 Å². The maximum absolute atomic E-state index is 12.5. The van der Waals surface area contributed by atoms with Crippen molar-refractivity contribution in [2.24, 2.45) is 0 Å². The number of aromatic nitrogens is 5. The molecule has 3 heterocycles. The van der Waals surface area contributed by atoms with Crippen molar-refractivity contribution in [3.63, 3.8) is 0 Å². The summed E-state index contributed by atoms with van der Waals surface area (Å²) in [5, 5.41) is 13.7. The van der Waals surface area contributed by atoms with E-state index in [0.29, 0.717) is 34.2 Å². The van der Waals surface area contributed by atoms with Gasteiger partial charge in [0.25, 0.3) is 0 Å². The van der Waals surface area contributed by atoms with E-state index in [1.807, 2.05) is 13.8 Å². The van der Waals surface area contributed by atoms with Gasteiger partial charge >= 0.3 is 6.03 Å². The lowest BCUT2D eigenvalue weighted by Crippen LogP contribution is -2.21. The van der Waals surface area contributed by atoms with E-state index in [1.165, 1.54) is 23.4 Å². The second-order valence-corrected chi connectivity index (χ2v) is 6.42. The van der Waals surface area contributed by atoms with Crippen molar-refractivity contribution < 1.29 is 14.3 Å². The molecule has 0 aromatic carbocycles. The number of pyridine rings is 2. The fraction of sp³-hybridized carbons (Fsp3) is 0.278. The fourth-order valence-electron chi connectivity index (χ4n) is 2.74. The van der Waals surface area contributed by atoms with Crippen LogP contribution in [0.2, 0.25) is 5.02 Å². The van der Waals surface area contributed by atoms with E-state index in [9.17, 15) is 4.79 Å². The molecule has 0 radical (unpaired) electrons. The number of hydrogen-bond donors (Lipinski definition) is 2. The van der Waals surface area contributed by atoms with Crippen LogP contribution in [-0.2, 0) is 4.74 Å². The molecule has 11 heteroatoms. The van der Waals surface area contributed by atoms with Crippen LogP contribution in [0, 0.1) is 6.92 Å². The molecule has 0 fully saturated rings. The summed E-state index contributed by atoms with van der Waals surface area (Å²) in [4.78, 5) is 22.3. The summed E-state index contributed by atoms with van der Waals surface area (Å²) in [6.07, 6.45) is 5.72. The van der Waals surface area contributed by atoms with E-state index in [4.69, 9.17) is 21.1 Å². The molecule has 10 nitrogen and oxygen atoms in total. The number of amides is 2.